The number of hydrogen-bond acceptors (Lipinski definition) is 4. The van der Waals surface area contributed by atoms with Gasteiger partial charge in [-0.05, 0) is 48.9 Å². The first kappa shape index (κ1) is 21.0. The summed E-state index contributed by atoms with van der Waals surface area (Å²) >= 11 is 7.28. The summed E-state index contributed by atoms with van der Waals surface area (Å²) in [6, 6.07) is 23.2. The topological polar surface area (TPSA) is 50.7 Å². The molecule has 0 bridgehead atoms. The maximum absolute atomic E-state index is 12.0. The van der Waals surface area contributed by atoms with Gasteiger partial charge in [-0.3, -0.25) is 4.79 Å². The first-order chi connectivity index (χ1) is 14.1. The highest BCUT2D eigenvalue weighted by Crippen LogP contribution is 2.20. The number of halogens is 1. The Kier molecular flexibility index (Phi) is 7.73. The number of hydrogen-bond donors (Lipinski definition) is 1. The molecular formula is C23H21ClN2O2S. The maximum atomic E-state index is 12.0. The summed E-state index contributed by atoms with van der Waals surface area (Å²) in [6.45, 7) is 2.52. The maximum Gasteiger partial charge on any atom is 0.250 e. The minimum atomic E-state index is -0.181. The number of para-hydroxylation sites is 1. The Labute approximate surface area is 179 Å². The lowest BCUT2D eigenvalue weighted by Gasteiger charge is -2.09. The predicted molar refractivity (Wildman–Crippen MR) is 120 cm³/mol. The molecule has 0 spiro atoms. The Bertz CT molecular complexity index is 973. The number of thioether (sulfide) groups is 1. The third-order valence-electron chi connectivity index (χ3n) is 4.01. The van der Waals surface area contributed by atoms with E-state index in [0.717, 1.165) is 16.0 Å². The minimum Gasteiger partial charge on any atom is -0.488 e. The molecule has 0 aliphatic heterocycles. The number of amides is 1. The normalized spacial score (nSPS) is 10.8. The SMILES string of the molecule is Cc1ccc(COc2ccccc2/C=N\NC(=O)CSc2ccc(Cl)cc2)cc1. The third-order valence-corrected chi connectivity index (χ3v) is 5.27. The van der Waals surface area contributed by atoms with Gasteiger partial charge in [0.25, 0.3) is 0 Å². The van der Waals surface area contributed by atoms with Gasteiger partial charge in [-0.1, -0.05) is 53.6 Å². The summed E-state index contributed by atoms with van der Waals surface area (Å²) in [5.74, 6) is 0.797. The average molecular weight is 425 g/mol. The van der Waals surface area contributed by atoms with Crippen molar-refractivity contribution in [3.63, 3.8) is 0 Å². The van der Waals surface area contributed by atoms with E-state index in [0.29, 0.717) is 17.4 Å². The van der Waals surface area contributed by atoms with Crippen molar-refractivity contribution in [3.05, 3.63) is 94.5 Å². The number of aryl methyl sites for hydroxylation is 1. The second-order valence-corrected chi connectivity index (χ2v) is 7.83. The molecule has 0 radical (unpaired) electrons. The second-order valence-electron chi connectivity index (χ2n) is 6.35. The zero-order valence-electron chi connectivity index (χ0n) is 16.0. The van der Waals surface area contributed by atoms with Crippen LogP contribution < -0.4 is 10.2 Å². The highest BCUT2D eigenvalue weighted by Gasteiger charge is 2.04. The number of rotatable bonds is 8. The lowest BCUT2D eigenvalue weighted by atomic mass is 10.1. The van der Waals surface area contributed by atoms with E-state index in [2.05, 4.69) is 29.6 Å². The zero-order valence-corrected chi connectivity index (χ0v) is 17.5. The van der Waals surface area contributed by atoms with E-state index in [-0.39, 0.29) is 11.7 Å². The van der Waals surface area contributed by atoms with Crippen molar-refractivity contribution < 1.29 is 9.53 Å². The molecule has 0 aliphatic carbocycles. The van der Waals surface area contributed by atoms with Crippen molar-refractivity contribution >= 4 is 35.5 Å². The molecular weight excluding hydrogens is 404 g/mol. The van der Waals surface area contributed by atoms with Crippen molar-refractivity contribution in [2.24, 2.45) is 5.10 Å². The number of carbonyl (C=O) groups excluding carboxylic acids is 1. The van der Waals surface area contributed by atoms with E-state index in [9.17, 15) is 4.79 Å². The van der Waals surface area contributed by atoms with Crippen LogP contribution in [0.15, 0.2) is 82.8 Å². The van der Waals surface area contributed by atoms with Gasteiger partial charge in [0, 0.05) is 15.5 Å². The van der Waals surface area contributed by atoms with Crippen LogP contribution in [-0.2, 0) is 11.4 Å². The van der Waals surface area contributed by atoms with Crippen molar-refractivity contribution in [1.29, 1.82) is 0 Å². The van der Waals surface area contributed by atoms with Crippen molar-refractivity contribution in [2.75, 3.05) is 5.75 Å². The Hall–Kier alpha value is -2.76. The molecule has 1 amide bonds. The molecule has 1 N–H and O–H groups in total. The first-order valence-corrected chi connectivity index (χ1v) is 10.4. The molecule has 3 aromatic carbocycles. The molecule has 0 saturated carbocycles. The van der Waals surface area contributed by atoms with E-state index in [4.69, 9.17) is 16.3 Å². The first-order valence-electron chi connectivity index (χ1n) is 9.08. The second kappa shape index (κ2) is 10.7. The highest BCUT2D eigenvalue weighted by atomic mass is 35.5. The van der Waals surface area contributed by atoms with Crippen molar-refractivity contribution in [2.45, 2.75) is 18.4 Å². The fourth-order valence-electron chi connectivity index (χ4n) is 2.45. The van der Waals surface area contributed by atoms with E-state index in [1.165, 1.54) is 17.3 Å². The van der Waals surface area contributed by atoms with Gasteiger partial charge in [0.2, 0.25) is 5.91 Å². The Morgan fingerprint density at radius 1 is 1.07 bits per heavy atom. The summed E-state index contributed by atoms with van der Waals surface area (Å²) in [7, 11) is 0. The fraction of sp³-hybridized carbons (Fsp3) is 0.130. The molecule has 0 fully saturated rings. The molecule has 3 aromatic rings. The van der Waals surface area contributed by atoms with E-state index < -0.39 is 0 Å². The number of benzene rings is 3. The van der Waals surface area contributed by atoms with Crippen molar-refractivity contribution in [1.82, 2.24) is 5.43 Å². The van der Waals surface area contributed by atoms with Crippen LogP contribution in [-0.4, -0.2) is 17.9 Å². The summed E-state index contributed by atoms with van der Waals surface area (Å²) in [6.07, 6.45) is 1.59. The zero-order chi connectivity index (χ0) is 20.5. The molecule has 0 heterocycles. The fourth-order valence-corrected chi connectivity index (χ4v) is 3.27. The van der Waals surface area contributed by atoms with Crippen LogP contribution in [0.4, 0.5) is 0 Å². The molecule has 6 heteroatoms. The molecule has 0 aromatic heterocycles. The van der Waals surface area contributed by atoms with Crippen LogP contribution in [0.25, 0.3) is 0 Å². The summed E-state index contributed by atoms with van der Waals surface area (Å²) < 4.78 is 5.92. The quantitative estimate of drug-likeness (QED) is 0.296. The summed E-state index contributed by atoms with van der Waals surface area (Å²) in [4.78, 5) is 13.0. The molecule has 29 heavy (non-hydrogen) atoms. The summed E-state index contributed by atoms with van der Waals surface area (Å²) in [5.41, 5.74) is 5.65. The van der Waals surface area contributed by atoms with E-state index in [1.54, 1.807) is 18.3 Å². The Balaban J connectivity index is 1.51. The van der Waals surface area contributed by atoms with Gasteiger partial charge >= 0.3 is 0 Å². The van der Waals surface area contributed by atoms with Crippen LogP contribution >= 0.6 is 23.4 Å². The Morgan fingerprint density at radius 3 is 2.55 bits per heavy atom. The van der Waals surface area contributed by atoms with E-state index >= 15 is 0 Å². The lowest BCUT2D eigenvalue weighted by molar-refractivity contribution is -0.118. The number of nitrogens with zero attached hydrogens (tertiary/aromatic N) is 1. The summed E-state index contributed by atoms with van der Waals surface area (Å²) in [5, 5.41) is 4.73. The number of nitrogens with one attached hydrogen (secondary N) is 1. The van der Waals surface area contributed by atoms with Crippen LogP contribution in [0.1, 0.15) is 16.7 Å². The Morgan fingerprint density at radius 2 is 1.79 bits per heavy atom. The van der Waals surface area contributed by atoms with Gasteiger partial charge in [-0.25, -0.2) is 5.43 Å². The van der Waals surface area contributed by atoms with Gasteiger partial charge in [-0.15, -0.1) is 11.8 Å². The largest absolute Gasteiger partial charge is 0.488 e. The molecule has 0 aliphatic rings. The molecule has 4 nitrogen and oxygen atoms in total. The van der Waals surface area contributed by atoms with E-state index in [1.807, 2.05) is 48.5 Å². The molecule has 3 rings (SSSR count). The predicted octanol–water partition coefficient (Wildman–Crippen LogP) is 5.47. The highest BCUT2D eigenvalue weighted by molar-refractivity contribution is 8.00. The van der Waals surface area contributed by atoms with Crippen molar-refractivity contribution in [3.8, 4) is 5.75 Å². The molecule has 0 atom stereocenters. The molecule has 148 valence electrons. The third kappa shape index (κ3) is 6.97. The number of hydrazone groups is 1. The van der Waals surface area contributed by atoms with Gasteiger partial charge in [0.1, 0.15) is 12.4 Å². The van der Waals surface area contributed by atoms with Crippen LogP contribution in [0, 0.1) is 6.92 Å². The average Bonchev–Trinajstić information content (AvgIpc) is 2.74. The monoisotopic (exact) mass is 424 g/mol. The lowest BCUT2D eigenvalue weighted by Crippen LogP contribution is -2.19. The van der Waals surface area contributed by atoms with Gasteiger partial charge in [-0.2, -0.15) is 5.10 Å². The standard InChI is InChI=1S/C23H21ClN2O2S/c1-17-6-8-18(9-7-17)15-28-22-5-3-2-4-19(22)14-25-26-23(27)16-29-21-12-10-20(24)11-13-21/h2-14H,15-16H2,1H3,(H,26,27)/b25-14-. The van der Waals surface area contributed by atoms with Gasteiger partial charge in [0.05, 0.1) is 12.0 Å². The van der Waals surface area contributed by atoms with Crippen LogP contribution in [0.3, 0.4) is 0 Å². The number of ether oxygens (including phenoxy) is 1. The van der Waals surface area contributed by atoms with Gasteiger partial charge < -0.3 is 4.74 Å². The molecule has 0 unspecified atom stereocenters. The molecule has 0 saturated heterocycles. The number of carbonyl (C=O) groups is 1. The smallest absolute Gasteiger partial charge is 0.250 e. The van der Waals surface area contributed by atoms with Gasteiger partial charge in [0.15, 0.2) is 0 Å². The van der Waals surface area contributed by atoms with Crippen LogP contribution in [0.2, 0.25) is 5.02 Å². The minimum absolute atomic E-state index is 0.181. The van der Waals surface area contributed by atoms with Crippen LogP contribution in [0.5, 0.6) is 5.75 Å².